The lowest BCUT2D eigenvalue weighted by Crippen LogP contribution is -2.76. The lowest BCUT2D eigenvalue weighted by atomic mass is 9.98. The monoisotopic (exact) mass is 561 g/mol. The van der Waals surface area contributed by atoms with Gasteiger partial charge < -0.3 is 25.0 Å². The molecule has 2 heterocycles. The zero-order valence-electron chi connectivity index (χ0n) is 22.9. The summed E-state index contributed by atoms with van der Waals surface area (Å²) in [7, 11) is 3.25. The van der Waals surface area contributed by atoms with Gasteiger partial charge in [0, 0.05) is 26.6 Å². The number of likely N-dealkylation sites (N-methyl/N-ethyl adjacent to an activating group) is 1. The third kappa shape index (κ3) is 6.09. The fraction of sp³-hybridized carbons (Fsp3) is 0.300. The molecule has 0 bridgehead atoms. The summed E-state index contributed by atoms with van der Waals surface area (Å²) in [5.74, 6) is -0.118. The summed E-state index contributed by atoms with van der Waals surface area (Å²) in [6.45, 7) is 0.440. The standard InChI is InChI=1S/C30H32FN5O5/c1-33-19-28(38)35-26(15-20-5-11-24(37)12-6-20)29(39)34(17-22-3-9-23(31)10-4-22)18-27(35)36(33)30(40)32-16-21-7-13-25(41-2)14-8-21/h3-14,26-27,37H,15-19H2,1-2H3,(H,32,40)/t26?,27-/m0/s1. The number of halogens is 1. The SMILES string of the molecule is COc1ccc(CNC(=O)N2[C@H]3CN(Cc4ccc(F)cc4)C(=O)C(Cc4ccc(O)cc4)N3C(=O)CN2C)cc1. The predicted octanol–water partition coefficient (Wildman–Crippen LogP) is 2.72. The first-order valence-electron chi connectivity index (χ1n) is 13.3. The summed E-state index contributed by atoms with van der Waals surface area (Å²) in [5, 5.41) is 15.7. The first kappa shape index (κ1) is 27.9. The largest absolute Gasteiger partial charge is 0.508 e. The quantitative estimate of drug-likeness (QED) is 0.460. The Hall–Kier alpha value is -4.64. The average Bonchev–Trinajstić information content (AvgIpc) is 2.96. The van der Waals surface area contributed by atoms with Crippen molar-refractivity contribution < 1.29 is 28.6 Å². The molecule has 2 aliphatic heterocycles. The molecule has 10 nitrogen and oxygen atoms in total. The van der Waals surface area contributed by atoms with Gasteiger partial charge in [0.05, 0.1) is 20.2 Å². The molecule has 0 spiro atoms. The molecule has 0 aliphatic carbocycles. The second-order valence-electron chi connectivity index (χ2n) is 10.2. The molecule has 2 aliphatic rings. The number of methoxy groups -OCH3 is 1. The van der Waals surface area contributed by atoms with E-state index in [4.69, 9.17) is 4.74 Å². The molecule has 3 aromatic rings. The number of amides is 4. The van der Waals surface area contributed by atoms with E-state index in [9.17, 15) is 23.9 Å². The Labute approximate surface area is 237 Å². The minimum atomic E-state index is -0.878. The highest BCUT2D eigenvalue weighted by molar-refractivity contribution is 5.91. The Morgan fingerprint density at radius 3 is 2.27 bits per heavy atom. The molecule has 2 fully saturated rings. The van der Waals surface area contributed by atoms with E-state index < -0.39 is 18.2 Å². The molecule has 214 valence electrons. The van der Waals surface area contributed by atoms with Gasteiger partial charge in [-0.2, -0.15) is 0 Å². The number of rotatable bonds is 7. The minimum absolute atomic E-state index is 0.0777. The number of nitrogens with zero attached hydrogens (tertiary/aromatic N) is 4. The van der Waals surface area contributed by atoms with Crippen LogP contribution in [0.1, 0.15) is 16.7 Å². The van der Waals surface area contributed by atoms with Gasteiger partial charge in [-0.15, -0.1) is 0 Å². The van der Waals surface area contributed by atoms with Crippen molar-refractivity contribution >= 4 is 17.8 Å². The van der Waals surface area contributed by atoms with Gasteiger partial charge in [-0.1, -0.05) is 36.4 Å². The van der Waals surface area contributed by atoms with Crippen molar-refractivity contribution in [2.45, 2.75) is 31.7 Å². The molecule has 1 unspecified atom stereocenters. The highest BCUT2D eigenvalue weighted by Gasteiger charge is 2.50. The van der Waals surface area contributed by atoms with Crippen molar-refractivity contribution in [3.8, 4) is 11.5 Å². The Kier molecular flexibility index (Phi) is 8.06. The number of nitrogens with one attached hydrogen (secondary N) is 1. The van der Waals surface area contributed by atoms with Crippen LogP contribution in [0.25, 0.3) is 0 Å². The van der Waals surface area contributed by atoms with E-state index in [0.717, 1.165) is 16.7 Å². The number of urea groups is 1. The van der Waals surface area contributed by atoms with Crippen molar-refractivity contribution in [3.63, 3.8) is 0 Å². The van der Waals surface area contributed by atoms with Crippen LogP contribution in [-0.2, 0) is 29.1 Å². The Morgan fingerprint density at radius 2 is 1.61 bits per heavy atom. The van der Waals surface area contributed by atoms with Crippen LogP contribution in [0, 0.1) is 5.82 Å². The number of piperazine rings is 1. The number of ether oxygens (including phenoxy) is 1. The van der Waals surface area contributed by atoms with Crippen molar-refractivity contribution in [3.05, 3.63) is 95.3 Å². The normalized spacial score (nSPS) is 19.2. The molecule has 2 atom stereocenters. The molecule has 4 amide bonds. The van der Waals surface area contributed by atoms with E-state index in [-0.39, 0.29) is 56.0 Å². The van der Waals surface area contributed by atoms with Crippen LogP contribution in [0.4, 0.5) is 9.18 Å². The van der Waals surface area contributed by atoms with Crippen LogP contribution < -0.4 is 10.1 Å². The Balaban J connectivity index is 1.43. The summed E-state index contributed by atoms with van der Waals surface area (Å²) < 4.78 is 18.7. The topological polar surface area (TPSA) is 106 Å². The van der Waals surface area contributed by atoms with Crippen LogP contribution >= 0.6 is 0 Å². The highest BCUT2D eigenvalue weighted by Crippen LogP contribution is 2.29. The number of phenols is 1. The van der Waals surface area contributed by atoms with E-state index in [1.54, 1.807) is 48.3 Å². The highest BCUT2D eigenvalue weighted by atomic mass is 19.1. The molecule has 41 heavy (non-hydrogen) atoms. The fourth-order valence-electron chi connectivity index (χ4n) is 5.31. The number of hydrazine groups is 1. The number of aromatic hydroxyl groups is 1. The number of hydrogen-bond acceptors (Lipinski definition) is 6. The number of carbonyl (C=O) groups excluding carboxylic acids is 3. The Bertz CT molecular complexity index is 1400. The molecule has 0 radical (unpaired) electrons. The van der Waals surface area contributed by atoms with Gasteiger partial charge in [0.25, 0.3) is 0 Å². The minimum Gasteiger partial charge on any atom is -0.508 e. The maximum Gasteiger partial charge on any atom is 0.334 e. The summed E-state index contributed by atoms with van der Waals surface area (Å²) in [6, 6.07) is 18.4. The second-order valence-corrected chi connectivity index (χ2v) is 10.2. The van der Waals surface area contributed by atoms with Crippen LogP contribution in [0.15, 0.2) is 72.8 Å². The molecule has 5 rings (SSSR count). The van der Waals surface area contributed by atoms with E-state index in [2.05, 4.69) is 5.32 Å². The van der Waals surface area contributed by atoms with Crippen LogP contribution in [0.5, 0.6) is 11.5 Å². The smallest absolute Gasteiger partial charge is 0.334 e. The van der Waals surface area contributed by atoms with Crippen LogP contribution in [-0.4, -0.2) is 82.2 Å². The van der Waals surface area contributed by atoms with Gasteiger partial charge in [0.15, 0.2) is 0 Å². The Morgan fingerprint density at radius 1 is 0.976 bits per heavy atom. The lowest BCUT2D eigenvalue weighted by Gasteiger charge is -2.54. The number of fused-ring (bicyclic) bond motifs is 1. The van der Waals surface area contributed by atoms with Gasteiger partial charge in [-0.25, -0.2) is 19.2 Å². The summed E-state index contributed by atoms with van der Waals surface area (Å²) >= 11 is 0. The lowest BCUT2D eigenvalue weighted by molar-refractivity contribution is -0.187. The van der Waals surface area contributed by atoms with E-state index in [1.807, 2.05) is 24.3 Å². The average molecular weight is 562 g/mol. The summed E-state index contributed by atoms with van der Waals surface area (Å²) in [5.41, 5.74) is 2.35. The molecular formula is C30H32FN5O5. The van der Waals surface area contributed by atoms with Gasteiger partial charge in [0.2, 0.25) is 11.8 Å². The molecule has 2 N–H and O–H groups in total. The first-order valence-corrected chi connectivity index (χ1v) is 13.3. The molecule has 0 aromatic heterocycles. The fourth-order valence-corrected chi connectivity index (χ4v) is 5.31. The first-order chi connectivity index (χ1) is 19.7. The van der Waals surface area contributed by atoms with Gasteiger partial charge in [-0.05, 0) is 53.1 Å². The summed E-state index contributed by atoms with van der Waals surface area (Å²) in [4.78, 5) is 44.0. The molecule has 2 saturated heterocycles. The van der Waals surface area contributed by atoms with Crippen LogP contribution in [0.3, 0.4) is 0 Å². The maximum absolute atomic E-state index is 13.9. The van der Waals surface area contributed by atoms with Gasteiger partial charge in [0.1, 0.15) is 29.5 Å². The predicted molar refractivity (Wildman–Crippen MR) is 148 cm³/mol. The number of benzene rings is 3. The van der Waals surface area contributed by atoms with Crippen molar-refractivity contribution in [2.24, 2.45) is 0 Å². The molecule has 3 aromatic carbocycles. The summed E-state index contributed by atoms with van der Waals surface area (Å²) in [6.07, 6.45) is -0.566. The van der Waals surface area contributed by atoms with Gasteiger partial charge >= 0.3 is 6.03 Å². The van der Waals surface area contributed by atoms with Crippen molar-refractivity contribution in [2.75, 3.05) is 27.2 Å². The molecular weight excluding hydrogens is 529 g/mol. The van der Waals surface area contributed by atoms with Crippen molar-refractivity contribution in [1.29, 1.82) is 0 Å². The van der Waals surface area contributed by atoms with Crippen molar-refractivity contribution in [1.82, 2.24) is 25.1 Å². The van der Waals surface area contributed by atoms with E-state index >= 15 is 0 Å². The maximum atomic E-state index is 13.9. The molecule has 0 saturated carbocycles. The van der Waals surface area contributed by atoms with E-state index in [1.165, 1.54) is 34.2 Å². The number of phenolic OH excluding ortho intramolecular Hbond substituents is 1. The molecule has 11 heteroatoms. The number of hydrogen-bond donors (Lipinski definition) is 2. The number of carbonyl (C=O) groups is 3. The zero-order valence-corrected chi connectivity index (χ0v) is 22.9. The zero-order chi connectivity index (χ0) is 29.1. The van der Waals surface area contributed by atoms with E-state index in [0.29, 0.717) is 5.75 Å². The van der Waals surface area contributed by atoms with Gasteiger partial charge in [-0.3, -0.25) is 9.59 Å². The second kappa shape index (κ2) is 11.8. The third-order valence-electron chi connectivity index (χ3n) is 7.40. The van der Waals surface area contributed by atoms with Crippen LogP contribution in [0.2, 0.25) is 0 Å². The third-order valence-corrected chi connectivity index (χ3v) is 7.40.